The van der Waals surface area contributed by atoms with Crippen LogP contribution in [0.2, 0.25) is 5.02 Å². The minimum atomic E-state index is -0.533. The number of para-hydroxylation sites is 1. The van der Waals surface area contributed by atoms with E-state index in [2.05, 4.69) is 24.4 Å². The largest absolute Gasteiger partial charge is 0.483 e. The number of hydrogen-bond acceptors (Lipinski definition) is 5. The first kappa shape index (κ1) is 20.4. The summed E-state index contributed by atoms with van der Waals surface area (Å²) in [7, 11) is 0. The summed E-state index contributed by atoms with van der Waals surface area (Å²) in [4.78, 5) is 22.2. The molecule has 0 aliphatic carbocycles. The van der Waals surface area contributed by atoms with Gasteiger partial charge in [-0.1, -0.05) is 43.6 Å². The summed E-state index contributed by atoms with van der Waals surface area (Å²) in [5.41, 5.74) is 3.57. The van der Waals surface area contributed by atoms with E-state index in [1.54, 1.807) is 0 Å². The maximum absolute atomic E-state index is 11.9. The Morgan fingerprint density at radius 2 is 2.11 bits per heavy atom. The summed E-state index contributed by atoms with van der Waals surface area (Å²) in [6.07, 6.45) is 2.21. The molecule has 0 heterocycles. The van der Waals surface area contributed by atoms with Gasteiger partial charge in [-0.25, -0.2) is 5.43 Å². The van der Waals surface area contributed by atoms with Crippen LogP contribution >= 0.6 is 11.6 Å². The number of benzene rings is 2. The second-order valence-electron chi connectivity index (χ2n) is 5.89. The van der Waals surface area contributed by atoms with Crippen LogP contribution in [0, 0.1) is 10.1 Å². The van der Waals surface area contributed by atoms with Gasteiger partial charge in [0.05, 0.1) is 11.1 Å². The van der Waals surface area contributed by atoms with E-state index in [-0.39, 0.29) is 17.3 Å². The number of rotatable bonds is 8. The number of carbonyl (C=O) groups excluding carboxylic acids is 1. The zero-order valence-electron chi connectivity index (χ0n) is 15.0. The molecule has 0 saturated heterocycles. The smallest absolute Gasteiger partial charge is 0.277 e. The van der Waals surface area contributed by atoms with E-state index in [1.807, 2.05) is 24.3 Å². The van der Waals surface area contributed by atoms with Crippen LogP contribution in [0.5, 0.6) is 5.75 Å². The number of hydrazone groups is 1. The molecule has 0 aliphatic heterocycles. The quantitative estimate of drug-likeness (QED) is 0.414. The van der Waals surface area contributed by atoms with Gasteiger partial charge in [0.1, 0.15) is 5.75 Å². The van der Waals surface area contributed by atoms with Crippen molar-refractivity contribution in [2.75, 3.05) is 6.61 Å². The van der Waals surface area contributed by atoms with Gasteiger partial charge in [-0.15, -0.1) is 0 Å². The van der Waals surface area contributed by atoms with E-state index in [0.717, 1.165) is 12.0 Å². The summed E-state index contributed by atoms with van der Waals surface area (Å²) in [6, 6.07) is 11.5. The van der Waals surface area contributed by atoms with Crippen LogP contribution in [0.4, 0.5) is 5.69 Å². The Kier molecular flexibility index (Phi) is 7.31. The molecule has 0 aliphatic rings. The zero-order valence-corrected chi connectivity index (χ0v) is 15.8. The Balaban J connectivity index is 1.95. The highest BCUT2D eigenvalue weighted by atomic mass is 35.5. The Hall–Kier alpha value is -2.93. The number of nitro benzene ring substituents is 1. The SMILES string of the molecule is CCC(C)c1ccccc1OCC(=O)NN=Cc1cc([N+](=O)[O-])ccc1Cl. The fourth-order valence-corrected chi connectivity index (χ4v) is 2.50. The van der Waals surface area contributed by atoms with Crippen molar-refractivity contribution in [2.24, 2.45) is 5.10 Å². The number of nitrogens with zero attached hydrogens (tertiary/aromatic N) is 2. The topological polar surface area (TPSA) is 93.8 Å². The number of nitro groups is 1. The molecular formula is C19H20ClN3O4. The summed E-state index contributed by atoms with van der Waals surface area (Å²) in [5, 5.41) is 14.9. The molecule has 0 aromatic heterocycles. The minimum absolute atomic E-state index is 0.114. The molecule has 0 spiro atoms. The Bertz CT molecular complexity index is 855. The molecule has 1 atom stereocenters. The van der Waals surface area contributed by atoms with Crippen molar-refractivity contribution in [1.82, 2.24) is 5.43 Å². The van der Waals surface area contributed by atoms with E-state index in [1.165, 1.54) is 24.4 Å². The number of hydrogen-bond donors (Lipinski definition) is 1. The summed E-state index contributed by atoms with van der Waals surface area (Å²) in [5.74, 6) is 0.526. The molecule has 1 amide bonds. The highest BCUT2D eigenvalue weighted by Crippen LogP contribution is 2.28. The van der Waals surface area contributed by atoms with Crippen LogP contribution in [0.25, 0.3) is 0 Å². The maximum atomic E-state index is 11.9. The molecule has 1 unspecified atom stereocenters. The summed E-state index contributed by atoms with van der Waals surface area (Å²) in [6.45, 7) is 3.98. The summed E-state index contributed by atoms with van der Waals surface area (Å²) >= 11 is 5.97. The molecule has 2 aromatic rings. The lowest BCUT2D eigenvalue weighted by atomic mass is 9.98. The summed E-state index contributed by atoms with van der Waals surface area (Å²) < 4.78 is 5.60. The Morgan fingerprint density at radius 1 is 1.37 bits per heavy atom. The maximum Gasteiger partial charge on any atom is 0.277 e. The molecule has 0 saturated carbocycles. The van der Waals surface area contributed by atoms with Crippen molar-refractivity contribution in [2.45, 2.75) is 26.2 Å². The van der Waals surface area contributed by atoms with E-state index >= 15 is 0 Å². The van der Waals surface area contributed by atoms with Gasteiger partial charge in [0.15, 0.2) is 6.61 Å². The normalized spacial score (nSPS) is 12.0. The van der Waals surface area contributed by atoms with Crippen LogP contribution in [0.15, 0.2) is 47.6 Å². The molecule has 1 N–H and O–H groups in total. The van der Waals surface area contributed by atoms with Gasteiger partial charge < -0.3 is 4.74 Å². The second-order valence-corrected chi connectivity index (χ2v) is 6.30. The van der Waals surface area contributed by atoms with Crippen molar-refractivity contribution in [3.05, 3.63) is 68.7 Å². The average Bonchev–Trinajstić information content (AvgIpc) is 2.67. The van der Waals surface area contributed by atoms with Gasteiger partial charge in [-0.3, -0.25) is 14.9 Å². The molecule has 2 aromatic carbocycles. The zero-order chi connectivity index (χ0) is 19.8. The fraction of sp³-hybridized carbons (Fsp3) is 0.263. The van der Waals surface area contributed by atoms with Crippen molar-refractivity contribution < 1.29 is 14.5 Å². The van der Waals surface area contributed by atoms with E-state index in [9.17, 15) is 14.9 Å². The molecule has 142 valence electrons. The lowest BCUT2D eigenvalue weighted by molar-refractivity contribution is -0.384. The van der Waals surface area contributed by atoms with Gasteiger partial charge in [0.25, 0.3) is 11.6 Å². The van der Waals surface area contributed by atoms with Crippen LogP contribution in [-0.4, -0.2) is 23.7 Å². The van der Waals surface area contributed by atoms with Gasteiger partial charge in [-0.05, 0) is 30.0 Å². The molecule has 2 rings (SSSR count). The van der Waals surface area contributed by atoms with Gasteiger partial charge in [0.2, 0.25) is 0 Å². The van der Waals surface area contributed by atoms with E-state index < -0.39 is 10.8 Å². The monoisotopic (exact) mass is 389 g/mol. The first-order chi connectivity index (χ1) is 12.9. The number of carbonyl (C=O) groups is 1. The molecule has 0 radical (unpaired) electrons. The van der Waals surface area contributed by atoms with Gasteiger partial charge in [0, 0.05) is 22.7 Å². The lowest BCUT2D eigenvalue weighted by Gasteiger charge is -2.15. The lowest BCUT2D eigenvalue weighted by Crippen LogP contribution is -2.25. The molecule has 27 heavy (non-hydrogen) atoms. The predicted octanol–water partition coefficient (Wildman–Crippen LogP) is 4.29. The number of amides is 1. The van der Waals surface area contributed by atoms with E-state index in [0.29, 0.717) is 17.2 Å². The molecular weight excluding hydrogens is 370 g/mol. The van der Waals surface area contributed by atoms with Crippen molar-refractivity contribution in [1.29, 1.82) is 0 Å². The van der Waals surface area contributed by atoms with E-state index in [4.69, 9.17) is 16.3 Å². The minimum Gasteiger partial charge on any atom is -0.483 e. The Labute approximate surface area is 162 Å². The van der Waals surface area contributed by atoms with Crippen molar-refractivity contribution in [3.63, 3.8) is 0 Å². The van der Waals surface area contributed by atoms with Gasteiger partial charge >= 0.3 is 0 Å². The second kappa shape index (κ2) is 9.68. The average molecular weight is 390 g/mol. The fourth-order valence-electron chi connectivity index (χ4n) is 2.33. The third kappa shape index (κ3) is 5.79. The highest BCUT2D eigenvalue weighted by Gasteiger charge is 2.11. The third-order valence-electron chi connectivity index (χ3n) is 4.00. The van der Waals surface area contributed by atoms with Crippen molar-refractivity contribution in [3.8, 4) is 5.75 Å². The molecule has 0 fully saturated rings. The first-order valence-corrected chi connectivity index (χ1v) is 8.77. The molecule has 0 bridgehead atoms. The Morgan fingerprint density at radius 3 is 2.81 bits per heavy atom. The number of non-ortho nitro benzene ring substituents is 1. The standard InChI is InChI=1S/C19H20ClN3O4/c1-3-13(2)16-6-4-5-7-18(16)27-12-19(24)22-21-11-14-10-15(23(25)26)8-9-17(14)20/h4-11,13H,3,12H2,1-2H3,(H,22,24). The molecule has 8 heteroatoms. The predicted molar refractivity (Wildman–Crippen MR) is 104 cm³/mol. The highest BCUT2D eigenvalue weighted by molar-refractivity contribution is 6.33. The van der Waals surface area contributed by atoms with Crippen LogP contribution in [0.1, 0.15) is 37.3 Å². The number of ether oxygens (including phenoxy) is 1. The van der Waals surface area contributed by atoms with Crippen LogP contribution in [0.3, 0.4) is 0 Å². The van der Waals surface area contributed by atoms with Crippen LogP contribution in [-0.2, 0) is 4.79 Å². The number of nitrogens with one attached hydrogen (secondary N) is 1. The number of halogens is 1. The third-order valence-corrected chi connectivity index (χ3v) is 4.35. The molecule has 7 nitrogen and oxygen atoms in total. The first-order valence-electron chi connectivity index (χ1n) is 8.40. The van der Waals surface area contributed by atoms with Crippen LogP contribution < -0.4 is 10.2 Å². The van der Waals surface area contributed by atoms with Crippen molar-refractivity contribution >= 4 is 29.4 Å². The van der Waals surface area contributed by atoms with Gasteiger partial charge in [-0.2, -0.15) is 5.10 Å².